The first-order valence-electron chi connectivity index (χ1n) is 5.34. The summed E-state index contributed by atoms with van der Waals surface area (Å²) in [5, 5.41) is 0.719. The number of hydrogen-bond donors (Lipinski definition) is 2. The third kappa shape index (κ3) is 2.38. The zero-order valence-corrected chi connectivity index (χ0v) is 9.70. The highest BCUT2D eigenvalue weighted by Crippen LogP contribution is 2.31. The molecule has 4 heteroatoms. The van der Waals surface area contributed by atoms with E-state index in [0.717, 1.165) is 35.6 Å². The van der Waals surface area contributed by atoms with Crippen LogP contribution in [0, 0.1) is 0 Å². The number of nitrogens with two attached hydrogens (primary N) is 1. The van der Waals surface area contributed by atoms with Crippen LogP contribution in [0.2, 0.25) is 5.02 Å². The summed E-state index contributed by atoms with van der Waals surface area (Å²) in [5.74, 6) is 5.60. The maximum absolute atomic E-state index is 6.15. The van der Waals surface area contributed by atoms with E-state index in [-0.39, 0.29) is 6.04 Å². The predicted molar refractivity (Wildman–Crippen MR) is 64.8 cm³/mol. The molecule has 1 aromatic rings. The van der Waals surface area contributed by atoms with Crippen molar-refractivity contribution < 1.29 is 4.74 Å². The molecule has 1 aromatic carbocycles. The van der Waals surface area contributed by atoms with Crippen LogP contribution in [0.4, 0.5) is 0 Å². The van der Waals surface area contributed by atoms with Gasteiger partial charge < -0.3 is 4.74 Å². The number of hydrazine groups is 1. The zero-order chi connectivity index (χ0) is 11.4. The number of ether oxygens (including phenoxy) is 1. The van der Waals surface area contributed by atoms with Gasteiger partial charge in [-0.1, -0.05) is 29.8 Å². The molecule has 3 nitrogen and oxygen atoms in total. The maximum atomic E-state index is 6.15. The second-order valence-electron chi connectivity index (χ2n) is 3.79. The van der Waals surface area contributed by atoms with Gasteiger partial charge in [0.2, 0.25) is 0 Å². The molecule has 3 N–H and O–H groups in total. The molecule has 2 rings (SSSR count). The van der Waals surface area contributed by atoms with Crippen LogP contribution in [0.15, 0.2) is 36.1 Å². The molecule has 86 valence electrons. The van der Waals surface area contributed by atoms with E-state index in [1.165, 1.54) is 0 Å². The molecule has 0 fully saturated rings. The Labute approximate surface area is 100 Å². The smallest absolute Gasteiger partial charge is 0.0876 e. The maximum Gasteiger partial charge on any atom is 0.0876 e. The molecular formula is C12H15ClN2O. The topological polar surface area (TPSA) is 47.3 Å². The highest BCUT2D eigenvalue weighted by molar-refractivity contribution is 6.31. The van der Waals surface area contributed by atoms with E-state index in [2.05, 4.69) is 5.43 Å². The molecule has 1 aliphatic heterocycles. The van der Waals surface area contributed by atoms with Crippen molar-refractivity contribution in [3.05, 3.63) is 46.7 Å². The van der Waals surface area contributed by atoms with Crippen molar-refractivity contribution in [1.29, 1.82) is 0 Å². The van der Waals surface area contributed by atoms with Gasteiger partial charge >= 0.3 is 0 Å². The second-order valence-corrected chi connectivity index (χ2v) is 4.20. The number of benzene rings is 1. The van der Waals surface area contributed by atoms with E-state index in [1.807, 2.05) is 24.3 Å². The van der Waals surface area contributed by atoms with Crippen LogP contribution < -0.4 is 11.3 Å². The summed E-state index contributed by atoms with van der Waals surface area (Å²) in [6.07, 6.45) is 3.80. The summed E-state index contributed by atoms with van der Waals surface area (Å²) in [6.45, 7) is 0.781. The number of hydrogen-bond acceptors (Lipinski definition) is 3. The summed E-state index contributed by atoms with van der Waals surface area (Å²) < 4.78 is 5.33. The number of halogens is 1. The Hall–Kier alpha value is -1.03. The summed E-state index contributed by atoms with van der Waals surface area (Å²) >= 11 is 6.15. The Kier molecular flexibility index (Phi) is 3.83. The summed E-state index contributed by atoms with van der Waals surface area (Å²) in [4.78, 5) is 0. The average Bonchev–Trinajstić information content (AvgIpc) is 2.34. The molecule has 1 atom stereocenters. The molecule has 0 saturated carbocycles. The average molecular weight is 239 g/mol. The van der Waals surface area contributed by atoms with Crippen molar-refractivity contribution in [1.82, 2.24) is 5.43 Å². The lowest BCUT2D eigenvalue weighted by Crippen LogP contribution is -2.30. The van der Waals surface area contributed by atoms with Crippen LogP contribution in [0.5, 0.6) is 0 Å². The molecule has 0 aromatic heterocycles. The van der Waals surface area contributed by atoms with E-state index in [0.29, 0.717) is 0 Å². The lowest BCUT2D eigenvalue weighted by molar-refractivity contribution is 0.219. The van der Waals surface area contributed by atoms with Gasteiger partial charge in [-0.2, -0.15) is 0 Å². The minimum Gasteiger partial charge on any atom is -0.501 e. The number of rotatable bonds is 3. The molecular weight excluding hydrogens is 224 g/mol. The van der Waals surface area contributed by atoms with Gasteiger partial charge in [-0.3, -0.25) is 5.84 Å². The van der Waals surface area contributed by atoms with Gasteiger partial charge in [0.15, 0.2) is 0 Å². The van der Waals surface area contributed by atoms with Crippen molar-refractivity contribution in [2.24, 2.45) is 5.84 Å². The highest BCUT2D eigenvalue weighted by atomic mass is 35.5. The Balaban J connectivity index is 2.28. The van der Waals surface area contributed by atoms with E-state index < -0.39 is 0 Å². The molecule has 1 heterocycles. The van der Waals surface area contributed by atoms with E-state index in [9.17, 15) is 0 Å². The van der Waals surface area contributed by atoms with Gasteiger partial charge in [-0.05, 0) is 30.0 Å². The molecule has 0 aliphatic carbocycles. The van der Waals surface area contributed by atoms with Gasteiger partial charge in [-0.15, -0.1) is 0 Å². The Bertz CT molecular complexity index is 392. The predicted octanol–water partition coefficient (Wildman–Crippen LogP) is 2.54. The van der Waals surface area contributed by atoms with Gasteiger partial charge in [-0.25, -0.2) is 5.43 Å². The third-order valence-corrected chi connectivity index (χ3v) is 3.06. The first kappa shape index (κ1) is 11.5. The highest BCUT2D eigenvalue weighted by Gasteiger charge is 2.19. The van der Waals surface area contributed by atoms with Crippen LogP contribution in [0.25, 0.3) is 0 Å². The monoisotopic (exact) mass is 238 g/mol. The summed E-state index contributed by atoms with van der Waals surface area (Å²) in [6, 6.07) is 7.64. The molecule has 0 saturated heterocycles. The second kappa shape index (κ2) is 5.34. The van der Waals surface area contributed by atoms with Gasteiger partial charge in [0, 0.05) is 5.02 Å². The van der Waals surface area contributed by atoms with Crippen molar-refractivity contribution >= 4 is 11.6 Å². The largest absolute Gasteiger partial charge is 0.501 e. The normalized spacial score (nSPS) is 17.5. The molecule has 0 radical (unpaired) electrons. The molecule has 1 unspecified atom stereocenters. The van der Waals surface area contributed by atoms with Crippen molar-refractivity contribution in [2.75, 3.05) is 6.61 Å². The molecule has 0 amide bonds. The van der Waals surface area contributed by atoms with E-state index in [1.54, 1.807) is 6.26 Å². The fourth-order valence-corrected chi connectivity index (χ4v) is 2.15. The van der Waals surface area contributed by atoms with Crippen LogP contribution in [0.3, 0.4) is 0 Å². The Morgan fingerprint density at radius 1 is 1.38 bits per heavy atom. The fraction of sp³-hybridized carbons (Fsp3) is 0.333. The van der Waals surface area contributed by atoms with Gasteiger partial charge in [0.1, 0.15) is 0 Å². The Morgan fingerprint density at radius 3 is 2.81 bits per heavy atom. The quantitative estimate of drug-likeness (QED) is 0.629. The van der Waals surface area contributed by atoms with E-state index >= 15 is 0 Å². The SMILES string of the molecule is NNC(C1=COCCC1)c1ccccc1Cl. The third-order valence-electron chi connectivity index (χ3n) is 2.72. The minimum atomic E-state index is -0.0611. The van der Waals surface area contributed by atoms with Crippen LogP contribution in [-0.4, -0.2) is 6.61 Å². The molecule has 0 spiro atoms. The van der Waals surface area contributed by atoms with Crippen LogP contribution in [0.1, 0.15) is 24.4 Å². The minimum absolute atomic E-state index is 0.0611. The lowest BCUT2D eigenvalue weighted by Gasteiger charge is -2.23. The lowest BCUT2D eigenvalue weighted by atomic mass is 9.96. The Morgan fingerprint density at radius 2 is 2.19 bits per heavy atom. The molecule has 16 heavy (non-hydrogen) atoms. The van der Waals surface area contributed by atoms with Crippen LogP contribution in [-0.2, 0) is 4.74 Å². The molecule has 1 aliphatic rings. The standard InChI is InChI=1S/C12H15ClN2O/c13-11-6-2-1-5-10(11)12(15-14)9-4-3-7-16-8-9/h1-2,5-6,8,12,15H,3-4,7,14H2. The molecule has 0 bridgehead atoms. The zero-order valence-electron chi connectivity index (χ0n) is 8.95. The van der Waals surface area contributed by atoms with Crippen molar-refractivity contribution in [2.45, 2.75) is 18.9 Å². The first-order valence-corrected chi connectivity index (χ1v) is 5.72. The van der Waals surface area contributed by atoms with Crippen molar-refractivity contribution in [3.63, 3.8) is 0 Å². The fourth-order valence-electron chi connectivity index (χ4n) is 1.90. The summed E-state index contributed by atoms with van der Waals surface area (Å²) in [5.41, 5.74) is 4.93. The first-order chi connectivity index (χ1) is 7.83. The van der Waals surface area contributed by atoms with Crippen LogP contribution >= 0.6 is 11.6 Å². The number of nitrogens with one attached hydrogen (secondary N) is 1. The van der Waals surface area contributed by atoms with Gasteiger partial charge in [0.25, 0.3) is 0 Å². The van der Waals surface area contributed by atoms with Crippen molar-refractivity contribution in [3.8, 4) is 0 Å². The van der Waals surface area contributed by atoms with E-state index in [4.69, 9.17) is 22.2 Å². The van der Waals surface area contributed by atoms with Gasteiger partial charge in [0.05, 0.1) is 18.9 Å². The summed E-state index contributed by atoms with van der Waals surface area (Å²) in [7, 11) is 0.